The summed E-state index contributed by atoms with van der Waals surface area (Å²) in [5.74, 6) is -1.65. The fourth-order valence-corrected chi connectivity index (χ4v) is 2.18. The van der Waals surface area contributed by atoms with Crippen molar-refractivity contribution < 1.29 is 14.4 Å². The molecule has 0 saturated heterocycles. The van der Waals surface area contributed by atoms with Crippen molar-refractivity contribution in [1.82, 2.24) is 9.97 Å². The molecule has 3 N–H and O–H groups in total. The summed E-state index contributed by atoms with van der Waals surface area (Å²) in [4.78, 5) is 42.1. The molecule has 120 valence electrons. The third-order valence-electron chi connectivity index (χ3n) is 3.43. The molecule has 0 fully saturated rings. The van der Waals surface area contributed by atoms with Crippen LogP contribution in [0.4, 0.5) is 11.4 Å². The fourth-order valence-electron chi connectivity index (χ4n) is 2.18. The van der Waals surface area contributed by atoms with E-state index in [1.165, 1.54) is 6.92 Å². The predicted octanol–water partition coefficient (Wildman–Crippen LogP) is 2.34. The number of Topliss-reactive ketones (excluding diaryl/α,β-unsaturated/α-hetero) is 1. The van der Waals surface area contributed by atoms with Crippen LogP contribution in [0.15, 0.2) is 48.8 Å². The lowest BCUT2D eigenvalue weighted by Gasteiger charge is -2.07. The zero-order valence-corrected chi connectivity index (χ0v) is 12.8. The van der Waals surface area contributed by atoms with E-state index in [0.717, 1.165) is 11.0 Å². The van der Waals surface area contributed by atoms with Gasteiger partial charge in [0.15, 0.2) is 5.78 Å². The van der Waals surface area contributed by atoms with E-state index in [0.29, 0.717) is 16.9 Å². The number of benzene rings is 2. The molecule has 0 aliphatic rings. The molecule has 0 radical (unpaired) electrons. The van der Waals surface area contributed by atoms with Crippen molar-refractivity contribution in [3.05, 3.63) is 54.4 Å². The Morgan fingerprint density at radius 2 is 1.54 bits per heavy atom. The minimum atomic E-state index is -0.796. The molecule has 3 aromatic rings. The summed E-state index contributed by atoms with van der Waals surface area (Å²) < 4.78 is 0. The molecule has 3 rings (SSSR count). The third-order valence-corrected chi connectivity index (χ3v) is 3.43. The van der Waals surface area contributed by atoms with Crippen LogP contribution in [0.1, 0.15) is 17.3 Å². The Morgan fingerprint density at radius 3 is 2.21 bits per heavy atom. The topological polar surface area (TPSA) is 104 Å². The minimum absolute atomic E-state index is 0.0696. The van der Waals surface area contributed by atoms with E-state index in [4.69, 9.17) is 0 Å². The number of aromatic nitrogens is 2. The molecule has 0 unspecified atom stereocenters. The van der Waals surface area contributed by atoms with Gasteiger partial charge in [0.05, 0.1) is 17.4 Å². The van der Waals surface area contributed by atoms with Crippen molar-refractivity contribution in [2.24, 2.45) is 0 Å². The lowest BCUT2D eigenvalue weighted by Crippen LogP contribution is -2.29. The normalized spacial score (nSPS) is 10.4. The summed E-state index contributed by atoms with van der Waals surface area (Å²) in [6.07, 6.45) is 1.55. The molecule has 0 aliphatic heterocycles. The Morgan fingerprint density at radius 1 is 0.917 bits per heavy atom. The van der Waals surface area contributed by atoms with Crippen LogP contribution in [0.2, 0.25) is 0 Å². The maximum Gasteiger partial charge on any atom is 0.314 e. The van der Waals surface area contributed by atoms with E-state index in [2.05, 4.69) is 20.6 Å². The first kappa shape index (κ1) is 15.4. The van der Waals surface area contributed by atoms with Gasteiger partial charge in [0.2, 0.25) is 0 Å². The highest BCUT2D eigenvalue weighted by atomic mass is 16.2. The van der Waals surface area contributed by atoms with Crippen molar-refractivity contribution >= 4 is 40.0 Å². The second-order valence-electron chi connectivity index (χ2n) is 5.18. The minimum Gasteiger partial charge on any atom is -0.345 e. The number of nitrogens with one attached hydrogen (secondary N) is 3. The van der Waals surface area contributed by atoms with Crippen LogP contribution in [-0.2, 0) is 9.59 Å². The first-order chi connectivity index (χ1) is 11.5. The summed E-state index contributed by atoms with van der Waals surface area (Å²) in [6, 6.07) is 11.4. The van der Waals surface area contributed by atoms with Crippen LogP contribution in [0.3, 0.4) is 0 Å². The Balaban J connectivity index is 1.65. The molecule has 0 atom stereocenters. The number of imidazole rings is 1. The van der Waals surface area contributed by atoms with Crippen LogP contribution in [0.25, 0.3) is 11.0 Å². The van der Waals surface area contributed by atoms with Gasteiger partial charge >= 0.3 is 11.8 Å². The molecule has 1 heterocycles. The van der Waals surface area contributed by atoms with Gasteiger partial charge in [-0.25, -0.2) is 4.98 Å². The zero-order chi connectivity index (χ0) is 17.1. The second kappa shape index (κ2) is 6.33. The number of carbonyl (C=O) groups excluding carboxylic acids is 3. The molecule has 7 heteroatoms. The number of amides is 2. The summed E-state index contributed by atoms with van der Waals surface area (Å²) in [6.45, 7) is 1.46. The number of carbonyl (C=O) groups is 3. The first-order valence-electron chi connectivity index (χ1n) is 7.19. The average molecular weight is 322 g/mol. The Kier molecular flexibility index (Phi) is 4.07. The predicted molar refractivity (Wildman–Crippen MR) is 89.8 cm³/mol. The lowest BCUT2D eigenvalue weighted by molar-refractivity contribution is -0.132. The van der Waals surface area contributed by atoms with Crippen LogP contribution in [0, 0.1) is 0 Å². The Hall–Kier alpha value is -3.48. The quantitative estimate of drug-likeness (QED) is 0.508. The van der Waals surface area contributed by atoms with Gasteiger partial charge in [0.25, 0.3) is 0 Å². The number of fused-ring (bicyclic) bond motifs is 1. The van der Waals surface area contributed by atoms with Gasteiger partial charge in [-0.1, -0.05) is 0 Å². The Bertz CT molecular complexity index is 928. The molecule has 0 spiro atoms. The number of rotatable bonds is 3. The van der Waals surface area contributed by atoms with Gasteiger partial charge in [-0.05, 0) is 49.4 Å². The summed E-state index contributed by atoms with van der Waals surface area (Å²) in [7, 11) is 0. The smallest absolute Gasteiger partial charge is 0.314 e. The van der Waals surface area contributed by atoms with Gasteiger partial charge in [-0.15, -0.1) is 0 Å². The van der Waals surface area contributed by atoms with E-state index < -0.39 is 11.8 Å². The molecular weight excluding hydrogens is 308 g/mol. The fraction of sp³-hybridized carbons (Fsp3) is 0.0588. The second-order valence-corrected chi connectivity index (χ2v) is 5.18. The number of aromatic amines is 1. The molecule has 0 aliphatic carbocycles. The number of H-pyrrole nitrogens is 1. The van der Waals surface area contributed by atoms with E-state index in [-0.39, 0.29) is 5.78 Å². The first-order valence-corrected chi connectivity index (χ1v) is 7.19. The average Bonchev–Trinajstić information content (AvgIpc) is 3.03. The van der Waals surface area contributed by atoms with Crippen LogP contribution >= 0.6 is 0 Å². The molecule has 24 heavy (non-hydrogen) atoms. The van der Waals surface area contributed by atoms with E-state index in [1.54, 1.807) is 48.8 Å². The van der Waals surface area contributed by atoms with E-state index in [1.807, 2.05) is 0 Å². The van der Waals surface area contributed by atoms with Gasteiger partial charge in [-0.2, -0.15) is 0 Å². The van der Waals surface area contributed by atoms with E-state index >= 15 is 0 Å². The number of hydrogen-bond donors (Lipinski definition) is 3. The standard InChI is InChI=1S/C17H14N4O3/c1-10(22)11-2-4-12(5-3-11)20-16(23)17(24)21-13-6-7-14-15(8-13)19-9-18-14/h2-9H,1H3,(H,18,19)(H,20,23)(H,21,24). The van der Waals surface area contributed by atoms with Crippen LogP contribution < -0.4 is 10.6 Å². The lowest BCUT2D eigenvalue weighted by atomic mass is 10.1. The van der Waals surface area contributed by atoms with Crippen molar-refractivity contribution in [3.63, 3.8) is 0 Å². The van der Waals surface area contributed by atoms with Gasteiger partial charge < -0.3 is 15.6 Å². The third kappa shape index (κ3) is 3.30. The SMILES string of the molecule is CC(=O)c1ccc(NC(=O)C(=O)Nc2ccc3nc[nH]c3c2)cc1. The maximum absolute atomic E-state index is 12.0. The molecule has 2 aromatic carbocycles. The van der Waals surface area contributed by atoms with Crippen molar-refractivity contribution in [1.29, 1.82) is 0 Å². The molecule has 7 nitrogen and oxygen atoms in total. The molecule has 1 aromatic heterocycles. The highest BCUT2D eigenvalue weighted by Crippen LogP contribution is 2.16. The van der Waals surface area contributed by atoms with E-state index in [9.17, 15) is 14.4 Å². The Labute approximate surface area is 137 Å². The van der Waals surface area contributed by atoms with Gasteiger partial charge in [0.1, 0.15) is 0 Å². The highest BCUT2D eigenvalue weighted by Gasteiger charge is 2.14. The van der Waals surface area contributed by atoms with Crippen LogP contribution in [0.5, 0.6) is 0 Å². The van der Waals surface area contributed by atoms with Crippen molar-refractivity contribution in [2.45, 2.75) is 6.92 Å². The molecule has 0 saturated carbocycles. The van der Waals surface area contributed by atoms with Crippen molar-refractivity contribution in [3.8, 4) is 0 Å². The van der Waals surface area contributed by atoms with Gasteiger partial charge in [-0.3, -0.25) is 14.4 Å². The summed E-state index contributed by atoms with van der Waals surface area (Å²) in [5, 5.41) is 5.00. The summed E-state index contributed by atoms with van der Waals surface area (Å²) >= 11 is 0. The number of nitrogens with zero attached hydrogens (tertiary/aromatic N) is 1. The molecular formula is C17H14N4O3. The molecule has 0 bridgehead atoms. The summed E-state index contributed by atoms with van der Waals surface area (Å²) in [5.41, 5.74) is 2.98. The monoisotopic (exact) mass is 322 g/mol. The maximum atomic E-state index is 12.0. The van der Waals surface area contributed by atoms with Gasteiger partial charge in [0, 0.05) is 16.9 Å². The number of anilines is 2. The molecule has 2 amide bonds. The largest absolute Gasteiger partial charge is 0.345 e. The van der Waals surface area contributed by atoms with Crippen LogP contribution in [-0.4, -0.2) is 27.6 Å². The zero-order valence-electron chi connectivity index (χ0n) is 12.8. The number of ketones is 1. The van der Waals surface area contributed by atoms with Crippen molar-refractivity contribution in [2.75, 3.05) is 10.6 Å². The highest BCUT2D eigenvalue weighted by molar-refractivity contribution is 6.43. The number of hydrogen-bond acceptors (Lipinski definition) is 4.